The molecule has 0 aromatic heterocycles. The zero-order chi connectivity index (χ0) is 34.5. The monoisotopic (exact) mass is 681 g/mol. The number of hydrogen-bond acceptors (Lipinski definition) is 4. The zero-order valence-corrected chi connectivity index (χ0v) is 33.6. The van der Waals surface area contributed by atoms with E-state index in [9.17, 15) is 9.59 Å². The summed E-state index contributed by atoms with van der Waals surface area (Å²) in [5, 5.41) is 0. The fourth-order valence-corrected chi connectivity index (χ4v) is 8.00. The summed E-state index contributed by atoms with van der Waals surface area (Å²) in [5.74, 6) is -0.402. The summed E-state index contributed by atoms with van der Waals surface area (Å²) >= 11 is 0. The molecular weight excluding hydrogens is 597 g/mol. The van der Waals surface area contributed by atoms with E-state index >= 15 is 0 Å². The molecule has 280 valence electrons. The van der Waals surface area contributed by atoms with Crippen molar-refractivity contribution in [2.45, 2.75) is 258 Å². The molecule has 0 aromatic carbocycles. The van der Waals surface area contributed by atoms with Gasteiger partial charge in [-0.05, 0) is 12.8 Å². The first-order valence-electron chi connectivity index (χ1n) is 21.3. The fraction of sp³-hybridized carbons (Fsp3) is 0.952. The molecule has 0 rings (SSSR count). The number of carbonyl (C=O) groups excluding carboxylic acids is 2. The van der Waals surface area contributed by atoms with Crippen molar-refractivity contribution >= 4 is 20.5 Å². The predicted molar refractivity (Wildman–Crippen MR) is 207 cm³/mol. The minimum absolute atomic E-state index is 0.201. The van der Waals surface area contributed by atoms with Crippen molar-refractivity contribution in [3.05, 3.63) is 0 Å². The molecule has 0 unspecified atom stereocenters. The van der Waals surface area contributed by atoms with Gasteiger partial charge in [-0.3, -0.25) is 9.59 Å². The molecule has 0 fully saturated rings. The molecule has 0 heterocycles. The van der Waals surface area contributed by atoms with Crippen LogP contribution in [0.1, 0.15) is 245 Å². The van der Waals surface area contributed by atoms with E-state index in [2.05, 4.69) is 13.8 Å². The topological polar surface area (TPSA) is 52.6 Å². The third-order valence-corrected chi connectivity index (χ3v) is 11.1. The van der Waals surface area contributed by atoms with Gasteiger partial charge in [-0.2, -0.15) is 0 Å². The van der Waals surface area contributed by atoms with Gasteiger partial charge in [0.15, 0.2) is 0 Å². The lowest BCUT2D eigenvalue weighted by Gasteiger charge is -2.22. The molecule has 0 amide bonds. The van der Waals surface area contributed by atoms with Gasteiger partial charge in [0.05, 0.1) is 0 Å². The van der Waals surface area contributed by atoms with Crippen LogP contribution < -0.4 is 0 Å². The fourth-order valence-electron chi connectivity index (χ4n) is 6.66. The van der Waals surface area contributed by atoms with Crippen LogP contribution in [0.2, 0.25) is 13.1 Å². The Labute approximate surface area is 296 Å². The lowest BCUT2D eigenvalue weighted by Crippen LogP contribution is -2.39. The Kier molecular flexibility index (Phi) is 35.8. The molecule has 0 aromatic rings. The summed E-state index contributed by atoms with van der Waals surface area (Å²) in [5.41, 5.74) is 0. The van der Waals surface area contributed by atoms with E-state index in [1.54, 1.807) is 0 Å². The van der Waals surface area contributed by atoms with Crippen LogP contribution >= 0.6 is 0 Å². The van der Waals surface area contributed by atoms with Crippen LogP contribution in [0, 0.1) is 0 Å². The van der Waals surface area contributed by atoms with Crippen molar-refractivity contribution in [2.75, 3.05) is 0 Å². The number of carbonyl (C=O) groups is 2. The highest BCUT2D eigenvalue weighted by Crippen LogP contribution is 2.17. The summed E-state index contributed by atoms with van der Waals surface area (Å²) in [7, 11) is -2.75. The minimum Gasteiger partial charge on any atom is -0.485 e. The normalized spacial score (nSPS) is 11.7. The maximum Gasteiger partial charge on any atom is 0.457 e. The lowest BCUT2D eigenvalue weighted by molar-refractivity contribution is -0.141. The zero-order valence-electron chi connectivity index (χ0n) is 32.6. The summed E-state index contributed by atoms with van der Waals surface area (Å²) in [6.45, 7) is 8.19. The van der Waals surface area contributed by atoms with Crippen molar-refractivity contribution in [3.63, 3.8) is 0 Å². The molecule has 0 saturated carbocycles. The van der Waals surface area contributed by atoms with Gasteiger partial charge in [0.1, 0.15) is 0 Å². The molecule has 0 radical (unpaired) electrons. The van der Waals surface area contributed by atoms with Crippen LogP contribution in [0.5, 0.6) is 0 Å². The second-order valence-corrected chi connectivity index (χ2v) is 18.4. The molecule has 0 spiro atoms. The average molecular weight is 681 g/mol. The van der Waals surface area contributed by atoms with Crippen LogP contribution in [0.25, 0.3) is 0 Å². The number of unbranched alkanes of at least 4 members (excludes halogenated alkanes) is 32. The molecule has 0 N–H and O–H groups in total. The van der Waals surface area contributed by atoms with Crippen LogP contribution in [0.4, 0.5) is 0 Å². The number of hydrogen-bond donors (Lipinski definition) is 0. The maximum atomic E-state index is 12.4. The van der Waals surface area contributed by atoms with Gasteiger partial charge in [0.25, 0.3) is 11.9 Å². The summed E-state index contributed by atoms with van der Waals surface area (Å²) in [4.78, 5) is 24.7. The molecular formula is C42H84O4Si. The second kappa shape index (κ2) is 36.4. The maximum absolute atomic E-state index is 12.4. The van der Waals surface area contributed by atoms with Gasteiger partial charge in [-0.15, -0.1) is 0 Å². The van der Waals surface area contributed by atoms with Crippen LogP contribution in [-0.4, -0.2) is 20.5 Å². The molecule has 5 heteroatoms. The average Bonchev–Trinajstić information content (AvgIpc) is 3.03. The Morgan fingerprint density at radius 3 is 0.681 bits per heavy atom. The molecule has 4 nitrogen and oxygen atoms in total. The van der Waals surface area contributed by atoms with E-state index in [0.717, 1.165) is 25.7 Å². The quantitative estimate of drug-likeness (QED) is 0.0481. The van der Waals surface area contributed by atoms with Gasteiger partial charge in [-0.25, -0.2) is 0 Å². The summed E-state index contributed by atoms with van der Waals surface area (Å²) < 4.78 is 11.3. The lowest BCUT2D eigenvalue weighted by atomic mass is 10.0. The van der Waals surface area contributed by atoms with Crippen LogP contribution in [0.3, 0.4) is 0 Å². The molecule has 0 aliphatic heterocycles. The minimum atomic E-state index is -2.75. The Hall–Kier alpha value is -0.843. The van der Waals surface area contributed by atoms with Crippen molar-refractivity contribution in [2.24, 2.45) is 0 Å². The van der Waals surface area contributed by atoms with Crippen molar-refractivity contribution in [1.29, 1.82) is 0 Å². The van der Waals surface area contributed by atoms with Crippen molar-refractivity contribution in [1.82, 2.24) is 0 Å². The first-order chi connectivity index (χ1) is 22.9. The van der Waals surface area contributed by atoms with Crippen molar-refractivity contribution in [3.8, 4) is 0 Å². The Balaban J connectivity index is 3.48. The molecule has 0 aliphatic carbocycles. The highest BCUT2D eigenvalue weighted by atomic mass is 28.4. The molecule has 0 aliphatic rings. The van der Waals surface area contributed by atoms with E-state index in [0.29, 0.717) is 12.8 Å². The van der Waals surface area contributed by atoms with Crippen LogP contribution in [-0.2, 0) is 18.4 Å². The molecule has 0 bridgehead atoms. The van der Waals surface area contributed by atoms with Gasteiger partial charge in [0.2, 0.25) is 0 Å². The van der Waals surface area contributed by atoms with E-state index in [4.69, 9.17) is 8.85 Å². The molecule has 47 heavy (non-hydrogen) atoms. The van der Waals surface area contributed by atoms with Gasteiger partial charge < -0.3 is 8.85 Å². The standard InChI is InChI=1S/C42H84O4Si/c1-5-7-9-11-13-15-17-19-21-22-23-24-26-28-30-32-34-36-38-40-42(44)46-47(3,4)45-41(43)39-37-35-33-31-29-27-25-20-18-16-14-12-10-8-6-2/h5-40H2,1-4H3. The smallest absolute Gasteiger partial charge is 0.457 e. The number of rotatable bonds is 38. The summed E-state index contributed by atoms with van der Waals surface area (Å²) in [6.07, 6.45) is 46.0. The molecule has 0 saturated heterocycles. The van der Waals surface area contributed by atoms with Crippen molar-refractivity contribution < 1.29 is 18.4 Å². The van der Waals surface area contributed by atoms with E-state index < -0.39 is 8.56 Å². The first kappa shape index (κ1) is 46.2. The Morgan fingerprint density at radius 2 is 0.489 bits per heavy atom. The van der Waals surface area contributed by atoms with E-state index in [-0.39, 0.29) is 11.9 Å². The molecule has 0 atom stereocenters. The van der Waals surface area contributed by atoms with E-state index in [1.807, 2.05) is 13.1 Å². The van der Waals surface area contributed by atoms with E-state index in [1.165, 1.54) is 193 Å². The third kappa shape index (κ3) is 37.8. The van der Waals surface area contributed by atoms with Gasteiger partial charge in [0, 0.05) is 25.9 Å². The Morgan fingerprint density at radius 1 is 0.319 bits per heavy atom. The highest BCUT2D eigenvalue weighted by molar-refractivity contribution is 6.67. The highest BCUT2D eigenvalue weighted by Gasteiger charge is 2.33. The van der Waals surface area contributed by atoms with Gasteiger partial charge >= 0.3 is 8.56 Å². The van der Waals surface area contributed by atoms with Gasteiger partial charge in [-0.1, -0.05) is 219 Å². The third-order valence-electron chi connectivity index (χ3n) is 9.69. The SMILES string of the molecule is CCCCCCCCCCCCCCCCCCCCCC(=O)O[Si](C)(C)OC(=O)CCCCCCCCCCCCCCCCC. The first-order valence-corrected chi connectivity index (χ1v) is 24.2. The van der Waals surface area contributed by atoms with Crippen LogP contribution in [0.15, 0.2) is 0 Å². The Bertz CT molecular complexity index is 665. The predicted octanol–water partition coefficient (Wildman–Crippen LogP) is 14.9. The summed E-state index contributed by atoms with van der Waals surface area (Å²) in [6, 6.07) is 0. The second-order valence-electron chi connectivity index (χ2n) is 15.2. The largest absolute Gasteiger partial charge is 0.485 e.